The topological polar surface area (TPSA) is 17.8 Å². The van der Waals surface area contributed by atoms with Gasteiger partial charge in [0.05, 0.1) is 5.69 Å². The van der Waals surface area contributed by atoms with E-state index in [1.54, 1.807) is 4.68 Å². The predicted molar refractivity (Wildman–Crippen MR) is 56.3 cm³/mol. The van der Waals surface area contributed by atoms with Crippen molar-refractivity contribution in [3.05, 3.63) is 17.5 Å². The third-order valence-electron chi connectivity index (χ3n) is 1.26. The van der Waals surface area contributed by atoms with E-state index in [1.165, 1.54) is 10.8 Å². The molecule has 0 aliphatic carbocycles. The van der Waals surface area contributed by atoms with Gasteiger partial charge in [-0.2, -0.15) is 5.10 Å². The number of hydrogen-bond acceptors (Lipinski definition) is 4. The Kier molecular flexibility index (Phi) is 2.98. The predicted octanol–water partition coefficient (Wildman–Crippen LogP) is 2.21. The molecule has 0 aliphatic heterocycles. The first-order valence-corrected chi connectivity index (χ1v) is 5.32. The molecule has 0 atom stereocenters. The van der Waals surface area contributed by atoms with Crippen molar-refractivity contribution < 1.29 is 0 Å². The average Bonchev–Trinajstić information content (AvgIpc) is 2.28. The fourth-order valence-electron chi connectivity index (χ4n) is 0.852. The summed E-state index contributed by atoms with van der Waals surface area (Å²) in [5.41, 5.74) is 2.03. The normalized spacial score (nSPS) is 10.1. The highest BCUT2D eigenvalue weighted by atomic mass is 33.1. The Morgan fingerprint density at radius 2 is 2.36 bits per heavy atom. The van der Waals surface area contributed by atoms with Crippen LogP contribution in [0.4, 0.5) is 0 Å². The van der Waals surface area contributed by atoms with E-state index in [4.69, 9.17) is 12.2 Å². The molecule has 60 valence electrons. The number of aryl methyl sites for hydroxylation is 2. The van der Waals surface area contributed by atoms with Gasteiger partial charge in [0.1, 0.15) is 0 Å². The molecule has 0 bridgehead atoms. The maximum Gasteiger partial charge on any atom is 0.171 e. The van der Waals surface area contributed by atoms with Gasteiger partial charge in [-0.1, -0.05) is 0 Å². The van der Waals surface area contributed by atoms with Gasteiger partial charge in [-0.3, -0.25) is 0 Å². The van der Waals surface area contributed by atoms with E-state index in [0.717, 1.165) is 11.4 Å². The Bertz CT molecular complexity index is 279. The molecule has 5 heteroatoms. The summed E-state index contributed by atoms with van der Waals surface area (Å²) in [7, 11) is 1.23. The van der Waals surface area contributed by atoms with Crippen LogP contribution in [0.25, 0.3) is 0 Å². The first-order chi connectivity index (χ1) is 5.15. The average molecular weight is 204 g/mol. The molecular weight excluding hydrogens is 196 g/mol. The Morgan fingerprint density at radius 3 is 2.73 bits per heavy atom. The number of nitrogens with zero attached hydrogens (tertiary/aromatic N) is 2. The number of thiocarbonyl (C=S) groups is 1. The molecule has 0 fully saturated rings. The third-order valence-corrected chi connectivity index (χ3v) is 2.90. The number of thiol groups is 1. The standard InChI is InChI=1S/C6H8N2S3/c1-4-3-5(2)8(7-4)6(9)11-10/h3,10H,1-2H3. The van der Waals surface area contributed by atoms with Gasteiger partial charge >= 0.3 is 0 Å². The van der Waals surface area contributed by atoms with Crippen LogP contribution in [0.3, 0.4) is 0 Å². The number of aromatic nitrogens is 2. The van der Waals surface area contributed by atoms with Gasteiger partial charge in [-0.05, 0) is 42.9 Å². The van der Waals surface area contributed by atoms with Crippen LogP contribution in [-0.4, -0.2) is 14.1 Å². The minimum atomic E-state index is 0.666. The van der Waals surface area contributed by atoms with Crippen molar-refractivity contribution in [3.8, 4) is 0 Å². The van der Waals surface area contributed by atoms with Gasteiger partial charge in [0.25, 0.3) is 0 Å². The lowest BCUT2D eigenvalue weighted by molar-refractivity contribution is 0.906. The molecule has 0 saturated heterocycles. The van der Waals surface area contributed by atoms with Crippen LogP contribution in [0.2, 0.25) is 0 Å². The first kappa shape index (κ1) is 9.09. The largest absolute Gasteiger partial charge is 0.220 e. The van der Waals surface area contributed by atoms with Crippen molar-refractivity contribution in [3.63, 3.8) is 0 Å². The summed E-state index contributed by atoms with van der Waals surface area (Å²) in [4.78, 5) is 0. The molecule has 0 amide bonds. The molecule has 0 unspecified atom stereocenters. The Labute approximate surface area is 80.2 Å². The van der Waals surface area contributed by atoms with Gasteiger partial charge < -0.3 is 0 Å². The molecule has 2 nitrogen and oxygen atoms in total. The monoisotopic (exact) mass is 204 g/mol. The highest BCUT2D eigenvalue weighted by Crippen LogP contribution is 2.13. The summed E-state index contributed by atoms with van der Waals surface area (Å²) in [6.45, 7) is 3.91. The second-order valence-electron chi connectivity index (χ2n) is 2.20. The lowest BCUT2D eigenvalue weighted by Crippen LogP contribution is -2.06. The minimum absolute atomic E-state index is 0.666. The van der Waals surface area contributed by atoms with Crippen LogP contribution in [0.15, 0.2) is 6.07 Å². The SMILES string of the molecule is Cc1cc(C)n(C(=S)SS)n1. The van der Waals surface area contributed by atoms with E-state index in [9.17, 15) is 0 Å². The Morgan fingerprint density at radius 1 is 1.73 bits per heavy atom. The molecular formula is C6H8N2S3. The van der Waals surface area contributed by atoms with Gasteiger partial charge in [0.2, 0.25) is 0 Å². The Balaban J connectivity index is 3.03. The van der Waals surface area contributed by atoms with E-state index >= 15 is 0 Å². The maximum absolute atomic E-state index is 5.01. The zero-order valence-electron chi connectivity index (χ0n) is 6.24. The molecule has 0 aliphatic rings. The van der Waals surface area contributed by atoms with Crippen molar-refractivity contribution in [2.45, 2.75) is 13.8 Å². The van der Waals surface area contributed by atoms with Crippen LogP contribution in [0.1, 0.15) is 11.4 Å². The maximum atomic E-state index is 5.01. The number of rotatable bonds is 0. The molecule has 1 aromatic heterocycles. The zero-order valence-corrected chi connectivity index (χ0v) is 8.76. The van der Waals surface area contributed by atoms with E-state index < -0.39 is 0 Å². The molecule has 1 aromatic rings. The lowest BCUT2D eigenvalue weighted by atomic mass is 10.4. The van der Waals surface area contributed by atoms with Gasteiger partial charge in [0, 0.05) is 5.69 Å². The van der Waals surface area contributed by atoms with Crippen LogP contribution < -0.4 is 0 Å². The quantitative estimate of drug-likeness (QED) is 0.397. The molecule has 11 heavy (non-hydrogen) atoms. The molecule has 0 aromatic carbocycles. The van der Waals surface area contributed by atoms with E-state index in [-0.39, 0.29) is 0 Å². The highest BCUT2D eigenvalue weighted by molar-refractivity contribution is 8.76. The van der Waals surface area contributed by atoms with E-state index in [1.807, 2.05) is 19.9 Å². The molecule has 0 saturated carbocycles. The highest BCUT2D eigenvalue weighted by Gasteiger charge is 2.04. The molecule has 0 radical (unpaired) electrons. The van der Waals surface area contributed by atoms with Crippen molar-refractivity contribution in [1.82, 2.24) is 9.78 Å². The first-order valence-electron chi connectivity index (χ1n) is 3.04. The van der Waals surface area contributed by atoms with Crippen molar-refractivity contribution in [2.24, 2.45) is 0 Å². The summed E-state index contributed by atoms with van der Waals surface area (Å²) in [6.07, 6.45) is 0. The molecule has 0 spiro atoms. The van der Waals surface area contributed by atoms with Crippen molar-refractivity contribution in [1.29, 1.82) is 0 Å². The minimum Gasteiger partial charge on any atom is -0.220 e. The van der Waals surface area contributed by atoms with Gasteiger partial charge in [-0.25, -0.2) is 4.68 Å². The smallest absolute Gasteiger partial charge is 0.171 e. The summed E-state index contributed by atoms with van der Waals surface area (Å²) < 4.78 is 2.38. The van der Waals surface area contributed by atoms with Crippen LogP contribution >= 0.6 is 34.7 Å². The van der Waals surface area contributed by atoms with E-state index in [2.05, 4.69) is 16.8 Å². The van der Waals surface area contributed by atoms with Gasteiger partial charge in [0.15, 0.2) is 4.32 Å². The number of hydrogen-bond donors (Lipinski definition) is 1. The Hall–Kier alpha value is -0.000000000000000167. The van der Waals surface area contributed by atoms with Crippen LogP contribution in [0, 0.1) is 13.8 Å². The van der Waals surface area contributed by atoms with Crippen LogP contribution in [0.5, 0.6) is 0 Å². The van der Waals surface area contributed by atoms with Crippen LogP contribution in [-0.2, 0) is 0 Å². The summed E-state index contributed by atoms with van der Waals surface area (Å²) in [5, 5.41) is 4.19. The van der Waals surface area contributed by atoms with Gasteiger partial charge in [-0.15, -0.1) is 11.7 Å². The summed E-state index contributed by atoms with van der Waals surface area (Å²) in [5.74, 6) is 0. The lowest BCUT2D eigenvalue weighted by Gasteiger charge is -1.99. The van der Waals surface area contributed by atoms with Crippen molar-refractivity contribution >= 4 is 39.0 Å². The third kappa shape index (κ3) is 1.98. The fourth-order valence-corrected chi connectivity index (χ4v) is 1.53. The summed E-state index contributed by atoms with van der Waals surface area (Å²) >= 11 is 9.01. The van der Waals surface area contributed by atoms with Crippen molar-refractivity contribution in [2.75, 3.05) is 0 Å². The fraction of sp³-hybridized carbons (Fsp3) is 0.333. The second kappa shape index (κ2) is 3.60. The molecule has 1 rings (SSSR count). The second-order valence-corrected chi connectivity index (χ2v) is 3.96. The molecule has 0 N–H and O–H groups in total. The summed E-state index contributed by atoms with van der Waals surface area (Å²) in [6, 6.07) is 1.98. The molecule has 1 heterocycles. The van der Waals surface area contributed by atoms with E-state index in [0.29, 0.717) is 4.32 Å². The zero-order chi connectivity index (χ0) is 8.43.